The molecule has 0 bridgehead atoms. The van der Waals surface area contributed by atoms with Gasteiger partial charge in [0.15, 0.2) is 0 Å². The second-order valence-corrected chi connectivity index (χ2v) is 8.57. The van der Waals surface area contributed by atoms with E-state index in [2.05, 4.69) is 24.8 Å². The van der Waals surface area contributed by atoms with Crippen LogP contribution in [0, 0.1) is 0 Å². The molecule has 0 aliphatic rings. The molecule has 0 aliphatic carbocycles. The fraction of sp³-hybridized carbons (Fsp3) is 0.500. The molecule has 0 radical (unpaired) electrons. The molecule has 14 heteroatoms. The summed E-state index contributed by atoms with van der Waals surface area (Å²) >= 11 is 2.94. The maximum Gasteiger partial charge on any atom is 0.488 e. The van der Waals surface area contributed by atoms with Gasteiger partial charge in [0.1, 0.15) is 22.4 Å². The Hall–Kier alpha value is -2.06. The standard InChI is InChI=1S/C9H10BF3O4.C9H8BrF3O2.2CH4/c1-8(2,9(11,12)13)6-3-5(10(15)16)4-7(14)17-6;1-8(2,9(11,12)13)6-3-5(10)4-7(14)15-6;;/h3-4,15-16H,1-2H3;3-4H,1-2H3;2*1H4. The highest BCUT2D eigenvalue weighted by molar-refractivity contribution is 9.10. The number of hydrogen-bond donors (Lipinski definition) is 2. The molecule has 0 saturated carbocycles. The summed E-state index contributed by atoms with van der Waals surface area (Å²) in [4.78, 5) is 22.0. The first kappa shape index (κ1) is 34.1. The normalized spacial score (nSPS) is 12.0. The zero-order valence-electron chi connectivity index (χ0n) is 17.1. The summed E-state index contributed by atoms with van der Waals surface area (Å²) in [5.41, 5.74) is -6.79. The number of halogens is 7. The molecule has 0 amide bonds. The van der Waals surface area contributed by atoms with Gasteiger partial charge in [-0.3, -0.25) is 0 Å². The van der Waals surface area contributed by atoms with Gasteiger partial charge in [-0.2, -0.15) is 26.3 Å². The van der Waals surface area contributed by atoms with Crippen LogP contribution in [0.15, 0.2) is 47.2 Å². The van der Waals surface area contributed by atoms with Gasteiger partial charge in [0.05, 0.1) is 0 Å². The topological polar surface area (TPSA) is 101 Å². The molecule has 194 valence electrons. The first-order valence-corrected chi connectivity index (χ1v) is 9.46. The zero-order valence-corrected chi connectivity index (χ0v) is 18.6. The molecule has 0 atom stereocenters. The summed E-state index contributed by atoms with van der Waals surface area (Å²) in [6, 6.07) is 3.74. The van der Waals surface area contributed by atoms with Crippen molar-refractivity contribution < 1.29 is 45.2 Å². The van der Waals surface area contributed by atoms with E-state index in [0.29, 0.717) is 0 Å². The lowest BCUT2D eigenvalue weighted by atomic mass is 9.78. The van der Waals surface area contributed by atoms with Crippen molar-refractivity contribution in [2.24, 2.45) is 0 Å². The van der Waals surface area contributed by atoms with Crippen LogP contribution in [0.5, 0.6) is 0 Å². The quantitative estimate of drug-likeness (QED) is 0.413. The third-order valence-corrected chi connectivity index (χ3v) is 4.93. The van der Waals surface area contributed by atoms with Crippen molar-refractivity contribution in [3.63, 3.8) is 0 Å². The van der Waals surface area contributed by atoms with Crippen LogP contribution in [-0.2, 0) is 10.8 Å². The minimum atomic E-state index is -4.62. The summed E-state index contributed by atoms with van der Waals surface area (Å²) in [5, 5.41) is 17.7. The molecule has 2 heterocycles. The van der Waals surface area contributed by atoms with Gasteiger partial charge in [0.2, 0.25) is 0 Å². The average Bonchev–Trinajstić information content (AvgIpc) is 2.58. The molecule has 2 aromatic rings. The molecule has 0 fully saturated rings. The van der Waals surface area contributed by atoms with E-state index in [1.54, 1.807) is 0 Å². The molecule has 0 aromatic carbocycles. The Balaban J connectivity index is 0. The third-order valence-electron chi connectivity index (χ3n) is 4.48. The summed E-state index contributed by atoms with van der Waals surface area (Å²) in [5.74, 6) is -1.07. The number of rotatable bonds is 3. The Labute approximate surface area is 200 Å². The molecular weight excluding hydrogens is 541 g/mol. The average molecular weight is 567 g/mol. The summed E-state index contributed by atoms with van der Waals surface area (Å²) < 4.78 is 85.2. The van der Waals surface area contributed by atoms with Crippen LogP contribution in [0.4, 0.5) is 26.3 Å². The van der Waals surface area contributed by atoms with Crippen molar-refractivity contribution in [3.8, 4) is 0 Å². The monoisotopic (exact) mass is 566 g/mol. The first-order chi connectivity index (χ1) is 14.2. The fourth-order valence-corrected chi connectivity index (χ4v) is 2.38. The van der Waals surface area contributed by atoms with Gasteiger partial charge in [0, 0.05) is 16.6 Å². The van der Waals surface area contributed by atoms with E-state index in [4.69, 9.17) is 10.0 Å². The van der Waals surface area contributed by atoms with E-state index in [9.17, 15) is 35.9 Å². The lowest BCUT2D eigenvalue weighted by Crippen LogP contribution is -2.40. The van der Waals surface area contributed by atoms with Crippen molar-refractivity contribution >= 4 is 28.5 Å². The summed E-state index contributed by atoms with van der Waals surface area (Å²) in [7, 11) is -2.03. The van der Waals surface area contributed by atoms with Crippen molar-refractivity contribution in [3.05, 3.63) is 61.1 Å². The van der Waals surface area contributed by atoms with Gasteiger partial charge in [-0.05, 0) is 45.3 Å². The van der Waals surface area contributed by atoms with Crippen LogP contribution >= 0.6 is 15.9 Å². The van der Waals surface area contributed by atoms with E-state index in [-0.39, 0.29) is 24.8 Å². The lowest BCUT2D eigenvalue weighted by Gasteiger charge is -2.26. The largest absolute Gasteiger partial charge is 0.488 e. The molecule has 2 aromatic heterocycles. The molecular formula is C20H26BBrF6O6. The van der Waals surface area contributed by atoms with Gasteiger partial charge < -0.3 is 18.9 Å². The van der Waals surface area contributed by atoms with Crippen LogP contribution < -0.4 is 16.7 Å². The number of alkyl halides is 6. The van der Waals surface area contributed by atoms with E-state index in [1.807, 2.05) is 0 Å². The van der Waals surface area contributed by atoms with Crippen LogP contribution in [0.1, 0.15) is 54.1 Å². The Bertz CT molecular complexity index is 1060. The van der Waals surface area contributed by atoms with Crippen LogP contribution in [-0.4, -0.2) is 29.5 Å². The predicted octanol–water partition coefficient (Wildman–Crippen LogP) is 4.67. The summed E-state index contributed by atoms with van der Waals surface area (Å²) in [6.07, 6.45) is -9.09. The molecule has 0 unspecified atom stereocenters. The maximum absolute atomic E-state index is 12.7. The molecule has 0 aliphatic heterocycles. The lowest BCUT2D eigenvalue weighted by molar-refractivity contribution is -0.185. The summed E-state index contributed by atoms with van der Waals surface area (Å²) in [6.45, 7) is 3.58. The molecule has 6 nitrogen and oxygen atoms in total. The highest BCUT2D eigenvalue weighted by Gasteiger charge is 2.51. The predicted molar refractivity (Wildman–Crippen MR) is 119 cm³/mol. The van der Waals surface area contributed by atoms with Crippen LogP contribution in [0.3, 0.4) is 0 Å². The third kappa shape index (κ3) is 8.02. The van der Waals surface area contributed by atoms with E-state index < -0.39 is 53.1 Å². The minimum Gasteiger partial charge on any atom is -0.427 e. The van der Waals surface area contributed by atoms with E-state index in [1.165, 1.54) is 0 Å². The van der Waals surface area contributed by atoms with Gasteiger partial charge in [-0.1, -0.05) is 30.8 Å². The van der Waals surface area contributed by atoms with Gasteiger partial charge >= 0.3 is 30.7 Å². The fourth-order valence-electron chi connectivity index (χ4n) is 1.99. The molecule has 0 saturated heterocycles. The SMILES string of the molecule is C.C.CC(C)(c1cc(B(O)O)cc(=O)o1)C(F)(F)F.CC(C)(c1cc(Br)cc(=O)o1)C(F)(F)F. The molecule has 34 heavy (non-hydrogen) atoms. The van der Waals surface area contributed by atoms with Crippen molar-refractivity contribution in [1.82, 2.24) is 0 Å². The van der Waals surface area contributed by atoms with Gasteiger partial charge in [0.25, 0.3) is 0 Å². The smallest absolute Gasteiger partial charge is 0.427 e. The van der Waals surface area contributed by atoms with Crippen molar-refractivity contribution in [2.45, 2.75) is 65.7 Å². The van der Waals surface area contributed by atoms with Gasteiger partial charge in [-0.15, -0.1) is 0 Å². The molecule has 0 spiro atoms. The zero-order chi connectivity index (χ0) is 25.3. The Kier molecular flexibility index (Phi) is 11.6. The Morgan fingerprint density at radius 1 is 0.735 bits per heavy atom. The van der Waals surface area contributed by atoms with Gasteiger partial charge in [-0.25, -0.2) is 9.59 Å². The highest BCUT2D eigenvalue weighted by atomic mass is 79.9. The number of hydrogen-bond acceptors (Lipinski definition) is 6. The van der Waals surface area contributed by atoms with Crippen LogP contribution in [0.2, 0.25) is 0 Å². The van der Waals surface area contributed by atoms with Crippen molar-refractivity contribution in [1.29, 1.82) is 0 Å². The second kappa shape index (κ2) is 11.6. The second-order valence-electron chi connectivity index (χ2n) is 7.65. The Morgan fingerprint density at radius 2 is 1.09 bits per heavy atom. The highest BCUT2D eigenvalue weighted by Crippen LogP contribution is 2.41. The van der Waals surface area contributed by atoms with Crippen molar-refractivity contribution in [2.75, 3.05) is 0 Å². The van der Waals surface area contributed by atoms with E-state index in [0.717, 1.165) is 52.0 Å². The Morgan fingerprint density at radius 3 is 1.41 bits per heavy atom. The first-order valence-electron chi connectivity index (χ1n) is 8.66. The maximum atomic E-state index is 12.7. The molecule has 2 rings (SSSR count). The van der Waals surface area contributed by atoms with Crippen LogP contribution in [0.25, 0.3) is 0 Å². The van der Waals surface area contributed by atoms with E-state index >= 15 is 0 Å². The molecule has 2 N–H and O–H groups in total. The minimum absolute atomic E-state index is 0.